The third kappa shape index (κ3) is 3.17. The molecule has 1 N–H and O–H groups in total. The van der Waals surface area contributed by atoms with E-state index >= 15 is 0 Å². The molecule has 0 fully saturated rings. The van der Waals surface area contributed by atoms with Gasteiger partial charge in [0.15, 0.2) is 5.82 Å². The topological polar surface area (TPSA) is 73.1 Å². The number of hydrogen-bond acceptors (Lipinski definition) is 6. The Morgan fingerprint density at radius 3 is 2.88 bits per heavy atom. The van der Waals surface area contributed by atoms with Crippen molar-refractivity contribution in [3.05, 3.63) is 30.0 Å². The molecule has 0 bridgehead atoms. The third-order valence-electron chi connectivity index (χ3n) is 2.20. The lowest BCUT2D eigenvalue weighted by Crippen LogP contribution is -2.07. The highest BCUT2D eigenvalue weighted by molar-refractivity contribution is 5.37. The standard InChI is InChI=1S/C11H14N4O2/c1-8-14-11(15-17-8)5-6-12-10-4-3-9(16-2)7-13-10/h3-4,7H,5-6H2,1-2H3,(H,12,13). The van der Waals surface area contributed by atoms with E-state index in [1.54, 1.807) is 20.2 Å². The summed E-state index contributed by atoms with van der Waals surface area (Å²) in [5.41, 5.74) is 0. The Hall–Kier alpha value is -2.11. The average molecular weight is 234 g/mol. The van der Waals surface area contributed by atoms with Gasteiger partial charge < -0.3 is 14.6 Å². The summed E-state index contributed by atoms with van der Waals surface area (Å²) in [5, 5.41) is 6.97. The lowest BCUT2D eigenvalue weighted by atomic mass is 10.4. The van der Waals surface area contributed by atoms with Gasteiger partial charge in [0, 0.05) is 19.9 Å². The summed E-state index contributed by atoms with van der Waals surface area (Å²) in [5.74, 6) is 2.82. The first-order valence-electron chi connectivity index (χ1n) is 5.31. The van der Waals surface area contributed by atoms with E-state index in [2.05, 4.69) is 20.4 Å². The Morgan fingerprint density at radius 1 is 1.41 bits per heavy atom. The Bertz CT molecular complexity index is 467. The van der Waals surface area contributed by atoms with Crippen molar-refractivity contribution in [2.24, 2.45) is 0 Å². The zero-order chi connectivity index (χ0) is 12.1. The summed E-state index contributed by atoms with van der Waals surface area (Å²) in [6, 6.07) is 3.72. The van der Waals surface area contributed by atoms with Crippen LogP contribution in [0.4, 0.5) is 5.82 Å². The Kier molecular flexibility index (Phi) is 3.54. The molecule has 2 aromatic heterocycles. The first-order valence-corrected chi connectivity index (χ1v) is 5.31. The fraction of sp³-hybridized carbons (Fsp3) is 0.364. The van der Waals surface area contributed by atoms with Gasteiger partial charge in [0.05, 0.1) is 13.3 Å². The molecule has 0 radical (unpaired) electrons. The van der Waals surface area contributed by atoms with Crippen LogP contribution in [0.2, 0.25) is 0 Å². The molecule has 0 aliphatic heterocycles. The second-order valence-electron chi connectivity index (χ2n) is 3.49. The summed E-state index contributed by atoms with van der Waals surface area (Å²) in [4.78, 5) is 8.30. The van der Waals surface area contributed by atoms with Crippen LogP contribution in [0, 0.1) is 6.92 Å². The van der Waals surface area contributed by atoms with Crippen molar-refractivity contribution >= 4 is 5.82 Å². The highest BCUT2D eigenvalue weighted by Gasteiger charge is 2.01. The van der Waals surface area contributed by atoms with E-state index in [-0.39, 0.29) is 0 Å². The smallest absolute Gasteiger partial charge is 0.223 e. The molecule has 0 unspecified atom stereocenters. The van der Waals surface area contributed by atoms with Crippen LogP contribution in [0.15, 0.2) is 22.9 Å². The van der Waals surface area contributed by atoms with E-state index in [0.717, 1.165) is 11.6 Å². The van der Waals surface area contributed by atoms with Crippen molar-refractivity contribution in [3.63, 3.8) is 0 Å². The van der Waals surface area contributed by atoms with E-state index in [4.69, 9.17) is 9.26 Å². The predicted molar refractivity (Wildman–Crippen MR) is 62.0 cm³/mol. The first-order chi connectivity index (χ1) is 8.28. The van der Waals surface area contributed by atoms with E-state index < -0.39 is 0 Å². The van der Waals surface area contributed by atoms with Gasteiger partial charge in [-0.25, -0.2) is 4.98 Å². The van der Waals surface area contributed by atoms with Crippen LogP contribution in [-0.4, -0.2) is 28.8 Å². The number of rotatable bonds is 5. The average Bonchev–Trinajstić information content (AvgIpc) is 2.76. The summed E-state index contributed by atoms with van der Waals surface area (Å²) in [6.07, 6.45) is 2.37. The molecule has 0 aliphatic carbocycles. The quantitative estimate of drug-likeness (QED) is 0.843. The highest BCUT2D eigenvalue weighted by atomic mass is 16.5. The molecule has 0 amide bonds. The number of aromatic nitrogens is 3. The second kappa shape index (κ2) is 5.29. The van der Waals surface area contributed by atoms with Crippen LogP contribution >= 0.6 is 0 Å². The van der Waals surface area contributed by atoms with Gasteiger partial charge in [0.2, 0.25) is 5.89 Å². The third-order valence-corrected chi connectivity index (χ3v) is 2.20. The lowest BCUT2D eigenvalue weighted by Gasteiger charge is -2.04. The van der Waals surface area contributed by atoms with Crippen LogP contribution in [0.1, 0.15) is 11.7 Å². The van der Waals surface area contributed by atoms with Crippen molar-refractivity contribution < 1.29 is 9.26 Å². The maximum atomic E-state index is 5.02. The van der Waals surface area contributed by atoms with E-state index in [1.165, 1.54) is 0 Å². The largest absolute Gasteiger partial charge is 0.495 e. The molecule has 6 heteroatoms. The molecule has 0 saturated heterocycles. The molecule has 2 aromatic rings. The number of hydrogen-bond donors (Lipinski definition) is 1. The SMILES string of the molecule is COc1ccc(NCCc2noc(C)n2)nc1. The Labute approximate surface area is 99.0 Å². The minimum absolute atomic E-state index is 0.586. The van der Waals surface area contributed by atoms with Crippen LogP contribution in [0.3, 0.4) is 0 Å². The predicted octanol–water partition coefficient (Wildman–Crippen LogP) is 1.44. The summed E-state index contributed by atoms with van der Waals surface area (Å²) >= 11 is 0. The van der Waals surface area contributed by atoms with E-state index in [1.807, 2.05) is 12.1 Å². The van der Waals surface area contributed by atoms with Crippen molar-refractivity contribution in [2.45, 2.75) is 13.3 Å². The van der Waals surface area contributed by atoms with Crippen molar-refractivity contribution in [2.75, 3.05) is 19.0 Å². The minimum Gasteiger partial charge on any atom is -0.495 e. The van der Waals surface area contributed by atoms with Gasteiger partial charge in [-0.05, 0) is 12.1 Å². The summed E-state index contributed by atoms with van der Waals surface area (Å²) < 4.78 is 9.90. The minimum atomic E-state index is 0.586. The van der Waals surface area contributed by atoms with Crippen LogP contribution in [0.25, 0.3) is 0 Å². The van der Waals surface area contributed by atoms with Crippen LogP contribution in [0.5, 0.6) is 5.75 Å². The molecular weight excluding hydrogens is 220 g/mol. The van der Waals surface area contributed by atoms with Gasteiger partial charge >= 0.3 is 0 Å². The van der Waals surface area contributed by atoms with E-state index in [0.29, 0.717) is 24.7 Å². The molecule has 17 heavy (non-hydrogen) atoms. The van der Waals surface area contributed by atoms with Crippen molar-refractivity contribution in [1.82, 2.24) is 15.1 Å². The fourth-order valence-electron chi connectivity index (χ4n) is 1.35. The monoisotopic (exact) mass is 234 g/mol. The van der Waals surface area contributed by atoms with Gasteiger partial charge in [0.1, 0.15) is 11.6 Å². The molecule has 0 spiro atoms. The molecule has 0 aromatic carbocycles. The molecule has 2 rings (SSSR count). The Morgan fingerprint density at radius 2 is 2.29 bits per heavy atom. The fourth-order valence-corrected chi connectivity index (χ4v) is 1.35. The van der Waals surface area contributed by atoms with Gasteiger partial charge in [-0.2, -0.15) is 4.98 Å². The lowest BCUT2D eigenvalue weighted by molar-refractivity contribution is 0.387. The first kappa shape index (κ1) is 11.4. The maximum absolute atomic E-state index is 5.02. The number of pyridine rings is 1. The maximum Gasteiger partial charge on any atom is 0.223 e. The number of nitrogens with zero attached hydrogens (tertiary/aromatic N) is 3. The number of anilines is 1. The molecule has 0 atom stereocenters. The molecular formula is C11H14N4O2. The number of nitrogens with one attached hydrogen (secondary N) is 1. The highest BCUT2D eigenvalue weighted by Crippen LogP contribution is 2.10. The second-order valence-corrected chi connectivity index (χ2v) is 3.49. The van der Waals surface area contributed by atoms with Gasteiger partial charge in [-0.1, -0.05) is 5.16 Å². The molecule has 0 saturated carbocycles. The van der Waals surface area contributed by atoms with Gasteiger partial charge in [-0.3, -0.25) is 0 Å². The summed E-state index contributed by atoms with van der Waals surface area (Å²) in [7, 11) is 1.61. The van der Waals surface area contributed by atoms with Crippen molar-refractivity contribution in [1.29, 1.82) is 0 Å². The van der Waals surface area contributed by atoms with E-state index in [9.17, 15) is 0 Å². The number of methoxy groups -OCH3 is 1. The Balaban J connectivity index is 1.81. The van der Waals surface area contributed by atoms with Crippen molar-refractivity contribution in [3.8, 4) is 5.75 Å². The number of ether oxygens (including phenoxy) is 1. The summed E-state index contributed by atoms with van der Waals surface area (Å²) in [6.45, 7) is 2.48. The van der Waals surface area contributed by atoms with Gasteiger partial charge in [0.25, 0.3) is 0 Å². The molecule has 6 nitrogen and oxygen atoms in total. The van der Waals surface area contributed by atoms with Crippen LogP contribution < -0.4 is 10.1 Å². The van der Waals surface area contributed by atoms with Gasteiger partial charge in [-0.15, -0.1) is 0 Å². The molecule has 2 heterocycles. The van der Waals surface area contributed by atoms with Crippen LogP contribution in [-0.2, 0) is 6.42 Å². The molecule has 0 aliphatic rings. The molecule has 90 valence electrons. The normalized spacial score (nSPS) is 10.2. The zero-order valence-electron chi connectivity index (χ0n) is 9.80. The zero-order valence-corrected chi connectivity index (χ0v) is 9.80. The number of aryl methyl sites for hydroxylation is 1.